The monoisotopic (exact) mass is 526 g/mol. The Hall–Kier alpha value is -2.69. The summed E-state index contributed by atoms with van der Waals surface area (Å²) in [5.74, 6) is 2.16. The van der Waals surface area contributed by atoms with E-state index in [2.05, 4.69) is 25.7 Å². The summed E-state index contributed by atoms with van der Waals surface area (Å²) in [5, 5.41) is 9.15. The number of anilines is 2. The molecule has 0 saturated heterocycles. The normalized spacial score (nSPS) is 12.8. The molecule has 0 fully saturated rings. The molecule has 0 saturated carbocycles. The van der Waals surface area contributed by atoms with Gasteiger partial charge in [0.1, 0.15) is 0 Å². The van der Waals surface area contributed by atoms with Crippen LogP contribution in [-0.4, -0.2) is 38.9 Å². The van der Waals surface area contributed by atoms with Crippen molar-refractivity contribution in [1.82, 2.24) is 5.32 Å². The molecular weight excluding hydrogens is 499 g/mol. The molecule has 1 heterocycles. The lowest BCUT2D eigenvalue weighted by Gasteiger charge is -2.14. The second-order valence-electron chi connectivity index (χ2n) is 6.35. The Morgan fingerprint density at radius 1 is 1.03 bits per heavy atom. The van der Waals surface area contributed by atoms with Crippen LogP contribution in [0.4, 0.5) is 16.2 Å². The number of hydrogen-bond acceptors (Lipinski definition) is 5. The van der Waals surface area contributed by atoms with Crippen LogP contribution >= 0.6 is 24.0 Å². The van der Waals surface area contributed by atoms with Gasteiger partial charge in [-0.25, -0.2) is 9.79 Å². The van der Waals surface area contributed by atoms with Gasteiger partial charge in [0.25, 0.3) is 0 Å². The summed E-state index contributed by atoms with van der Waals surface area (Å²) in [5.41, 5.74) is 2.55. The highest BCUT2D eigenvalue weighted by Gasteiger charge is 2.11. The Bertz CT molecular complexity index is 859. The van der Waals surface area contributed by atoms with Crippen LogP contribution in [0, 0.1) is 0 Å². The highest BCUT2D eigenvalue weighted by Crippen LogP contribution is 2.32. The molecule has 1 aliphatic rings. The number of nitrogens with one attached hydrogen (secondary N) is 3. The lowest BCUT2D eigenvalue weighted by Crippen LogP contribution is -2.30. The van der Waals surface area contributed by atoms with Gasteiger partial charge in [0, 0.05) is 30.4 Å². The van der Waals surface area contributed by atoms with Crippen molar-refractivity contribution in [2.24, 2.45) is 4.99 Å². The number of carbonyl (C=O) groups is 1. The largest absolute Gasteiger partial charge is 0.490 e. The molecule has 0 atom stereocenters. The van der Waals surface area contributed by atoms with E-state index in [9.17, 15) is 4.79 Å². The zero-order chi connectivity index (χ0) is 20.5. The molecule has 0 bridgehead atoms. The predicted octanol–water partition coefficient (Wildman–Crippen LogP) is 4.22. The molecule has 0 spiro atoms. The third-order valence-corrected chi connectivity index (χ3v) is 4.16. The number of rotatable bonds is 5. The van der Waals surface area contributed by atoms with E-state index in [1.54, 1.807) is 0 Å². The Morgan fingerprint density at radius 2 is 1.73 bits per heavy atom. The Kier molecular flexibility index (Phi) is 9.52. The van der Waals surface area contributed by atoms with Gasteiger partial charge in [-0.15, -0.1) is 24.0 Å². The minimum Gasteiger partial charge on any atom is -0.490 e. The van der Waals surface area contributed by atoms with Crippen molar-refractivity contribution in [3.8, 4) is 11.5 Å². The maximum absolute atomic E-state index is 11.2. The van der Waals surface area contributed by atoms with Gasteiger partial charge in [0.15, 0.2) is 17.5 Å². The number of guanidine groups is 1. The highest BCUT2D eigenvalue weighted by atomic mass is 127. The second kappa shape index (κ2) is 12.1. The van der Waals surface area contributed by atoms with Crippen molar-refractivity contribution in [1.29, 1.82) is 0 Å². The molecule has 162 valence electrons. The minimum atomic E-state index is -0.496. The van der Waals surface area contributed by atoms with E-state index < -0.39 is 6.09 Å². The molecular formula is C21H27IN4O4. The molecule has 3 N–H and O–H groups in total. The average molecular weight is 526 g/mol. The first-order valence-corrected chi connectivity index (χ1v) is 9.57. The molecule has 0 radical (unpaired) electrons. The maximum atomic E-state index is 11.2. The van der Waals surface area contributed by atoms with Gasteiger partial charge >= 0.3 is 6.09 Å². The lowest BCUT2D eigenvalue weighted by molar-refractivity contribution is 0.187. The quantitative estimate of drug-likeness (QED) is 0.307. The van der Waals surface area contributed by atoms with Gasteiger partial charge in [-0.3, -0.25) is 5.32 Å². The second-order valence-corrected chi connectivity index (χ2v) is 6.35. The van der Waals surface area contributed by atoms with Crippen LogP contribution in [0.3, 0.4) is 0 Å². The van der Waals surface area contributed by atoms with Crippen molar-refractivity contribution >= 4 is 47.4 Å². The summed E-state index contributed by atoms with van der Waals surface area (Å²) >= 11 is 0. The van der Waals surface area contributed by atoms with Gasteiger partial charge in [0.05, 0.1) is 26.9 Å². The van der Waals surface area contributed by atoms with Gasteiger partial charge in [0.2, 0.25) is 0 Å². The molecule has 2 aromatic rings. The van der Waals surface area contributed by atoms with Gasteiger partial charge in [-0.1, -0.05) is 12.1 Å². The van der Waals surface area contributed by atoms with E-state index in [-0.39, 0.29) is 24.0 Å². The number of halogens is 1. The van der Waals surface area contributed by atoms with E-state index in [1.807, 2.05) is 49.4 Å². The number of benzene rings is 2. The number of methoxy groups -OCH3 is 1. The molecule has 3 rings (SSSR count). The van der Waals surface area contributed by atoms with E-state index in [1.165, 1.54) is 7.11 Å². The zero-order valence-electron chi connectivity index (χ0n) is 17.1. The number of fused-ring (bicyclic) bond motifs is 1. The number of carbonyl (C=O) groups excluding carboxylic acids is 1. The van der Waals surface area contributed by atoms with E-state index in [4.69, 9.17) is 9.47 Å². The van der Waals surface area contributed by atoms with Crippen molar-refractivity contribution in [3.05, 3.63) is 48.0 Å². The van der Waals surface area contributed by atoms with Crippen LogP contribution in [0.5, 0.6) is 11.5 Å². The van der Waals surface area contributed by atoms with Crippen molar-refractivity contribution in [3.63, 3.8) is 0 Å². The number of ether oxygens (including phenoxy) is 3. The van der Waals surface area contributed by atoms with Crippen LogP contribution in [-0.2, 0) is 11.3 Å². The van der Waals surface area contributed by atoms with Gasteiger partial charge in [-0.2, -0.15) is 0 Å². The van der Waals surface area contributed by atoms with Crippen molar-refractivity contribution in [2.45, 2.75) is 19.9 Å². The SMILES string of the molecule is CCNC(=NCc1ccc(NC(=O)OC)cc1)Nc1ccc2c(c1)OCCCO2.I. The summed E-state index contributed by atoms with van der Waals surface area (Å²) in [7, 11) is 1.33. The third kappa shape index (κ3) is 6.97. The summed E-state index contributed by atoms with van der Waals surface area (Å²) in [6.45, 7) is 4.54. The summed E-state index contributed by atoms with van der Waals surface area (Å²) in [6.07, 6.45) is 0.375. The molecule has 8 nitrogen and oxygen atoms in total. The van der Waals surface area contributed by atoms with E-state index >= 15 is 0 Å². The fourth-order valence-electron chi connectivity index (χ4n) is 2.72. The smallest absolute Gasteiger partial charge is 0.411 e. The standard InChI is InChI=1S/C21H26N4O4.HI/c1-3-22-20(23-14-15-5-7-16(8-6-15)25-21(26)27-2)24-17-9-10-18-19(13-17)29-12-4-11-28-18;/h5-10,13H,3-4,11-12,14H2,1-2H3,(H,25,26)(H2,22,23,24);1H. The van der Waals surface area contributed by atoms with Crippen LogP contribution < -0.4 is 25.4 Å². The topological polar surface area (TPSA) is 93.2 Å². The minimum absolute atomic E-state index is 0. The van der Waals surface area contributed by atoms with Gasteiger partial charge in [-0.05, 0) is 36.8 Å². The number of amides is 1. The Morgan fingerprint density at radius 3 is 2.43 bits per heavy atom. The van der Waals surface area contributed by atoms with E-state index in [0.29, 0.717) is 31.4 Å². The van der Waals surface area contributed by atoms with Crippen LogP contribution in [0.25, 0.3) is 0 Å². The first kappa shape index (κ1) is 23.6. The fourth-order valence-corrected chi connectivity index (χ4v) is 2.72. The summed E-state index contributed by atoms with van der Waals surface area (Å²) < 4.78 is 16.0. The van der Waals surface area contributed by atoms with E-state index in [0.717, 1.165) is 35.7 Å². The number of nitrogens with zero attached hydrogens (tertiary/aromatic N) is 1. The van der Waals surface area contributed by atoms with Gasteiger partial charge < -0.3 is 24.8 Å². The number of aliphatic imine (C=N–C) groups is 1. The molecule has 2 aromatic carbocycles. The van der Waals surface area contributed by atoms with Crippen molar-refractivity contribution in [2.75, 3.05) is 37.5 Å². The maximum Gasteiger partial charge on any atom is 0.411 e. The summed E-state index contributed by atoms with van der Waals surface area (Å²) in [4.78, 5) is 15.9. The highest BCUT2D eigenvalue weighted by molar-refractivity contribution is 14.0. The molecule has 1 amide bonds. The Labute approximate surface area is 193 Å². The van der Waals surface area contributed by atoms with Crippen LogP contribution in [0.15, 0.2) is 47.5 Å². The van der Waals surface area contributed by atoms with Crippen LogP contribution in [0.1, 0.15) is 18.9 Å². The average Bonchev–Trinajstić information content (AvgIpc) is 2.98. The first-order valence-electron chi connectivity index (χ1n) is 9.57. The molecule has 9 heteroatoms. The molecule has 0 unspecified atom stereocenters. The lowest BCUT2D eigenvalue weighted by atomic mass is 10.2. The Balaban J connectivity index is 0.00000320. The third-order valence-electron chi connectivity index (χ3n) is 4.16. The number of hydrogen-bond donors (Lipinski definition) is 3. The first-order chi connectivity index (χ1) is 14.2. The summed E-state index contributed by atoms with van der Waals surface area (Å²) in [6, 6.07) is 13.2. The van der Waals surface area contributed by atoms with Crippen molar-refractivity contribution < 1.29 is 19.0 Å². The molecule has 1 aliphatic heterocycles. The molecule has 30 heavy (non-hydrogen) atoms. The molecule has 0 aromatic heterocycles. The molecule has 0 aliphatic carbocycles. The van der Waals surface area contributed by atoms with Crippen LogP contribution in [0.2, 0.25) is 0 Å². The zero-order valence-corrected chi connectivity index (χ0v) is 19.4. The predicted molar refractivity (Wildman–Crippen MR) is 128 cm³/mol. The fraction of sp³-hybridized carbons (Fsp3) is 0.333.